The van der Waals surface area contributed by atoms with Crippen LogP contribution in [0, 0.1) is 17.3 Å². The Kier molecular flexibility index (Phi) is 5.58. The Balaban J connectivity index is 1.63. The lowest BCUT2D eigenvalue weighted by Gasteiger charge is -2.55. The maximum absolute atomic E-state index is 12.2. The van der Waals surface area contributed by atoms with Gasteiger partial charge in [-0.1, -0.05) is 24.6 Å². The van der Waals surface area contributed by atoms with Crippen LogP contribution in [0.1, 0.15) is 76.2 Å². The van der Waals surface area contributed by atoms with Crippen LogP contribution >= 0.6 is 0 Å². The van der Waals surface area contributed by atoms with E-state index in [0.29, 0.717) is 31.1 Å². The molecule has 0 radical (unpaired) electrons. The molecule has 0 spiro atoms. The molecule has 0 heterocycles. The van der Waals surface area contributed by atoms with Crippen molar-refractivity contribution >= 4 is 5.78 Å². The van der Waals surface area contributed by atoms with E-state index in [1.807, 2.05) is 18.2 Å². The van der Waals surface area contributed by atoms with E-state index in [0.717, 1.165) is 44.3 Å². The Bertz CT molecular complexity index is 958. The van der Waals surface area contributed by atoms with Crippen LogP contribution in [0.5, 0.6) is 5.75 Å². The Morgan fingerprint density at radius 2 is 1.91 bits per heavy atom. The summed E-state index contributed by atoms with van der Waals surface area (Å²) in [4.78, 5) is 12.2. The molecule has 2 N–H and O–H groups in total. The smallest absolute Gasteiger partial charge is 0.156 e. The molecule has 0 aromatic heterocycles. The number of aliphatic hydroxyl groups is 2. The fourth-order valence-corrected chi connectivity index (χ4v) is 7.67. The maximum atomic E-state index is 12.2. The van der Waals surface area contributed by atoms with Crippen molar-refractivity contribution in [3.63, 3.8) is 0 Å². The zero-order chi connectivity index (χ0) is 22.5. The van der Waals surface area contributed by atoms with Crippen molar-refractivity contribution < 1.29 is 19.7 Å². The summed E-state index contributed by atoms with van der Waals surface area (Å²) in [6.07, 6.45) is 9.55. The minimum atomic E-state index is -0.722. The average Bonchev–Trinajstić information content (AvgIpc) is 3.07. The number of benzene rings is 1. The van der Waals surface area contributed by atoms with Gasteiger partial charge in [0.2, 0.25) is 0 Å². The van der Waals surface area contributed by atoms with Crippen LogP contribution in [0.15, 0.2) is 47.1 Å². The monoisotopic (exact) mass is 436 g/mol. The second-order valence-corrected chi connectivity index (χ2v) is 10.7. The van der Waals surface area contributed by atoms with Crippen molar-refractivity contribution in [1.29, 1.82) is 0 Å². The van der Waals surface area contributed by atoms with Gasteiger partial charge in [0.05, 0.1) is 12.7 Å². The van der Waals surface area contributed by atoms with Gasteiger partial charge in [0.15, 0.2) is 5.78 Å². The summed E-state index contributed by atoms with van der Waals surface area (Å²) in [5.41, 5.74) is 4.65. The van der Waals surface area contributed by atoms with Gasteiger partial charge in [0, 0.05) is 24.4 Å². The Labute approximate surface area is 191 Å². The highest BCUT2D eigenvalue weighted by Crippen LogP contribution is 2.67. The minimum Gasteiger partial charge on any atom is -0.497 e. The fraction of sp³-hybridized carbons (Fsp3) is 0.607. The molecule has 1 aromatic carbocycles. The summed E-state index contributed by atoms with van der Waals surface area (Å²) in [5.74, 6) is 2.30. The first-order valence-electron chi connectivity index (χ1n) is 12.3. The predicted octanol–water partition coefficient (Wildman–Crippen LogP) is 5.10. The van der Waals surface area contributed by atoms with Crippen LogP contribution in [-0.4, -0.2) is 35.3 Å². The third-order valence-electron chi connectivity index (χ3n) is 9.32. The van der Waals surface area contributed by atoms with Gasteiger partial charge >= 0.3 is 0 Å². The number of ketones is 1. The summed E-state index contributed by atoms with van der Waals surface area (Å²) in [6, 6.07) is 8.46. The van der Waals surface area contributed by atoms with Gasteiger partial charge in [0.1, 0.15) is 5.75 Å². The number of hydrogen-bond donors (Lipinski definition) is 2. The molecule has 5 rings (SSSR count). The van der Waals surface area contributed by atoms with Gasteiger partial charge in [0.25, 0.3) is 0 Å². The number of hydrogen-bond acceptors (Lipinski definition) is 4. The van der Waals surface area contributed by atoms with Crippen LogP contribution in [0.4, 0.5) is 0 Å². The molecule has 2 fully saturated rings. The topological polar surface area (TPSA) is 66.8 Å². The highest BCUT2D eigenvalue weighted by molar-refractivity contribution is 5.93. The van der Waals surface area contributed by atoms with E-state index in [9.17, 15) is 15.0 Å². The second kappa shape index (κ2) is 8.14. The number of carbonyl (C=O) groups is 1. The standard InChI is InChI=1S/C28H36O4/c1-27-17-24(18-4-8-21(32-2)9-5-18)26-22-11-7-20(30)16-19(22)6-10-23(26)25(27)12-14-28(27,31)13-3-15-29/h4-5,8-9,16,23-25,29,31H,3,6-7,10-15,17H2,1-2H3/t23-,24+,25-,27-,28-/m0/s1. The number of rotatable bonds is 5. The van der Waals surface area contributed by atoms with E-state index >= 15 is 0 Å². The SMILES string of the molecule is COc1ccc([C@H]2C[C@@]3(C)[C@@H](CC[C@@]3(O)CCCO)[C@@H]3CCC4=CC(=O)CCC4=C32)cc1. The maximum Gasteiger partial charge on any atom is 0.156 e. The minimum absolute atomic E-state index is 0.131. The van der Waals surface area contributed by atoms with Crippen LogP contribution in [0.2, 0.25) is 0 Å². The van der Waals surface area contributed by atoms with Crippen molar-refractivity contribution in [2.45, 2.75) is 76.2 Å². The number of fused-ring (bicyclic) bond motifs is 4. The number of methoxy groups -OCH3 is 1. The predicted molar refractivity (Wildman–Crippen MR) is 125 cm³/mol. The molecule has 4 nitrogen and oxygen atoms in total. The van der Waals surface area contributed by atoms with E-state index in [-0.39, 0.29) is 23.7 Å². The van der Waals surface area contributed by atoms with Crippen molar-refractivity contribution in [3.05, 3.63) is 52.6 Å². The molecule has 0 bridgehead atoms. The molecule has 0 unspecified atom stereocenters. The van der Waals surface area contributed by atoms with Crippen molar-refractivity contribution in [1.82, 2.24) is 0 Å². The Hall–Kier alpha value is -1.91. The van der Waals surface area contributed by atoms with Gasteiger partial charge < -0.3 is 14.9 Å². The lowest BCUT2D eigenvalue weighted by molar-refractivity contribution is -0.114. The average molecular weight is 437 g/mol. The third kappa shape index (κ3) is 3.30. The normalized spacial score (nSPS) is 36.3. The number of carbonyl (C=O) groups excluding carboxylic acids is 1. The molecule has 1 aromatic rings. The Morgan fingerprint density at radius 1 is 1.12 bits per heavy atom. The van der Waals surface area contributed by atoms with Gasteiger partial charge in [-0.15, -0.1) is 0 Å². The molecule has 4 heteroatoms. The molecule has 5 atom stereocenters. The van der Waals surface area contributed by atoms with Crippen molar-refractivity contribution in [2.24, 2.45) is 17.3 Å². The molecule has 0 aliphatic heterocycles. The molecule has 4 aliphatic rings. The van der Waals surface area contributed by atoms with E-state index in [4.69, 9.17) is 4.74 Å². The number of allylic oxidation sites excluding steroid dienone is 4. The van der Waals surface area contributed by atoms with E-state index in [2.05, 4.69) is 19.1 Å². The lowest BCUT2D eigenvalue weighted by atomic mass is 9.51. The van der Waals surface area contributed by atoms with Gasteiger partial charge in [-0.05, 0) is 98.1 Å². The molecule has 172 valence electrons. The molecule has 0 amide bonds. The molecule has 4 aliphatic carbocycles. The number of aliphatic hydroxyl groups excluding tert-OH is 1. The molecular formula is C28H36O4. The quantitative estimate of drug-likeness (QED) is 0.674. The first-order chi connectivity index (χ1) is 15.4. The molecular weight excluding hydrogens is 400 g/mol. The van der Waals surface area contributed by atoms with Crippen molar-refractivity contribution in [2.75, 3.05) is 13.7 Å². The first-order valence-corrected chi connectivity index (χ1v) is 12.3. The van der Waals surface area contributed by atoms with Gasteiger partial charge in [-0.25, -0.2) is 0 Å². The van der Waals surface area contributed by atoms with Crippen LogP contribution in [-0.2, 0) is 4.79 Å². The number of ether oxygens (including phenoxy) is 1. The summed E-state index contributed by atoms with van der Waals surface area (Å²) in [5, 5.41) is 21.4. The summed E-state index contributed by atoms with van der Waals surface area (Å²) in [6.45, 7) is 2.45. The largest absolute Gasteiger partial charge is 0.497 e. The van der Waals surface area contributed by atoms with E-state index < -0.39 is 5.60 Å². The van der Waals surface area contributed by atoms with Gasteiger partial charge in [-0.2, -0.15) is 0 Å². The van der Waals surface area contributed by atoms with Gasteiger partial charge in [-0.3, -0.25) is 4.79 Å². The zero-order valence-electron chi connectivity index (χ0n) is 19.4. The Morgan fingerprint density at radius 3 is 2.62 bits per heavy atom. The summed E-state index contributed by atoms with van der Waals surface area (Å²) in [7, 11) is 1.69. The van der Waals surface area contributed by atoms with E-state index in [1.165, 1.54) is 16.7 Å². The van der Waals surface area contributed by atoms with Crippen molar-refractivity contribution in [3.8, 4) is 5.75 Å². The first kappa shape index (κ1) is 21.9. The van der Waals surface area contributed by atoms with Crippen LogP contribution < -0.4 is 4.74 Å². The van der Waals surface area contributed by atoms with E-state index in [1.54, 1.807) is 12.7 Å². The molecule has 0 saturated heterocycles. The van der Waals surface area contributed by atoms with Crippen LogP contribution in [0.25, 0.3) is 0 Å². The fourth-order valence-electron chi connectivity index (χ4n) is 7.67. The second-order valence-electron chi connectivity index (χ2n) is 10.7. The third-order valence-corrected chi connectivity index (χ3v) is 9.32. The summed E-state index contributed by atoms with van der Waals surface area (Å²) >= 11 is 0. The lowest BCUT2D eigenvalue weighted by Crippen LogP contribution is -2.51. The zero-order valence-corrected chi connectivity index (χ0v) is 19.4. The highest BCUT2D eigenvalue weighted by Gasteiger charge is 2.62. The summed E-state index contributed by atoms with van der Waals surface area (Å²) < 4.78 is 5.41. The highest BCUT2D eigenvalue weighted by atomic mass is 16.5. The molecule has 32 heavy (non-hydrogen) atoms. The molecule has 2 saturated carbocycles. The van der Waals surface area contributed by atoms with Crippen LogP contribution in [0.3, 0.4) is 0 Å².